The number of fused-ring (bicyclic) bond motifs is 1. The van der Waals surface area contributed by atoms with E-state index in [4.69, 9.17) is 10.2 Å². The molecule has 33 heavy (non-hydrogen) atoms. The van der Waals surface area contributed by atoms with Gasteiger partial charge in [0, 0.05) is 54.2 Å². The third-order valence-electron chi connectivity index (χ3n) is 6.45. The molecule has 4 aromatic rings. The summed E-state index contributed by atoms with van der Waals surface area (Å²) in [4.78, 5) is 23.4. The van der Waals surface area contributed by atoms with Gasteiger partial charge in [0.15, 0.2) is 0 Å². The molecule has 0 saturated carbocycles. The van der Waals surface area contributed by atoms with Crippen molar-refractivity contribution in [2.75, 3.05) is 13.1 Å². The average Bonchev–Trinajstić information content (AvgIpc) is 3.27. The van der Waals surface area contributed by atoms with Crippen molar-refractivity contribution in [3.63, 3.8) is 0 Å². The molecular formula is C26H28N5O2+. The van der Waals surface area contributed by atoms with Crippen molar-refractivity contribution in [2.24, 2.45) is 0 Å². The number of carbonyl (C=O) groups excluding carboxylic acids is 1. The van der Waals surface area contributed by atoms with E-state index in [1.165, 1.54) is 11.3 Å². The van der Waals surface area contributed by atoms with Crippen molar-refractivity contribution in [2.45, 2.75) is 31.8 Å². The first-order valence-corrected chi connectivity index (χ1v) is 11.3. The first-order valence-electron chi connectivity index (χ1n) is 11.3. The van der Waals surface area contributed by atoms with E-state index >= 15 is 0 Å². The van der Waals surface area contributed by atoms with Gasteiger partial charge in [-0.2, -0.15) is 0 Å². The van der Waals surface area contributed by atoms with E-state index in [0.29, 0.717) is 18.0 Å². The van der Waals surface area contributed by atoms with Crippen molar-refractivity contribution in [1.29, 1.82) is 0 Å². The summed E-state index contributed by atoms with van der Waals surface area (Å²) in [5.74, 6) is 0.0799. The summed E-state index contributed by atoms with van der Waals surface area (Å²) in [6.07, 6.45) is 8.06. The molecule has 1 fully saturated rings. The normalized spacial score (nSPS) is 15.1. The lowest BCUT2D eigenvalue weighted by Gasteiger charge is -2.31. The molecule has 5 rings (SSSR count). The topological polar surface area (TPSA) is 86.0 Å². The lowest BCUT2D eigenvalue weighted by molar-refractivity contribution is 0.0706. The number of nitrogens with zero attached hydrogens (tertiary/aromatic N) is 4. The Morgan fingerprint density at radius 2 is 1.82 bits per heavy atom. The molecular weight excluding hydrogens is 414 g/mol. The molecule has 0 atom stereocenters. The fourth-order valence-electron chi connectivity index (χ4n) is 4.60. The Kier molecular flexibility index (Phi) is 6.15. The van der Waals surface area contributed by atoms with E-state index in [0.717, 1.165) is 49.1 Å². The summed E-state index contributed by atoms with van der Waals surface area (Å²) < 4.78 is 2.16. The summed E-state index contributed by atoms with van der Waals surface area (Å²) in [6, 6.07) is 18.0. The zero-order valence-corrected chi connectivity index (χ0v) is 18.4. The lowest BCUT2D eigenvalue weighted by Crippen LogP contribution is -2.32. The van der Waals surface area contributed by atoms with E-state index in [1.54, 1.807) is 12.1 Å². The Hall–Kier alpha value is -3.55. The lowest BCUT2D eigenvalue weighted by atomic mass is 9.92. The van der Waals surface area contributed by atoms with Gasteiger partial charge in [-0.25, -0.2) is 4.98 Å². The number of hydroxylamine groups is 1. The molecule has 1 aliphatic rings. The van der Waals surface area contributed by atoms with E-state index < -0.39 is 5.91 Å². The molecule has 0 unspecified atom stereocenters. The largest absolute Gasteiger partial charge is 0.328 e. The minimum absolute atomic E-state index is 0.397. The smallest absolute Gasteiger partial charge is 0.314 e. The maximum absolute atomic E-state index is 11.6. The first kappa shape index (κ1) is 21.3. The molecule has 1 aromatic carbocycles. The minimum atomic E-state index is -0.397. The Labute approximate surface area is 192 Å². The molecule has 0 radical (unpaired) electrons. The molecule has 1 amide bonds. The van der Waals surface area contributed by atoms with Crippen LogP contribution in [0.1, 0.15) is 45.9 Å². The number of rotatable bonds is 6. The van der Waals surface area contributed by atoms with Gasteiger partial charge in [0.1, 0.15) is 5.65 Å². The summed E-state index contributed by atoms with van der Waals surface area (Å²) in [5, 5.41) is 8.13. The van der Waals surface area contributed by atoms with Gasteiger partial charge >= 0.3 is 5.91 Å². The van der Waals surface area contributed by atoms with Crippen LogP contribution in [-0.4, -0.2) is 43.6 Å². The second kappa shape index (κ2) is 9.52. The highest BCUT2D eigenvalue weighted by Crippen LogP contribution is 2.29. The molecule has 0 spiro atoms. The fourth-order valence-corrected chi connectivity index (χ4v) is 4.60. The van der Waals surface area contributed by atoms with E-state index in [9.17, 15) is 4.79 Å². The molecule has 4 heterocycles. The summed E-state index contributed by atoms with van der Waals surface area (Å²) in [7, 11) is 0. The number of likely N-dealkylation sites (tertiary alicyclic amines) is 1. The van der Waals surface area contributed by atoms with Crippen LogP contribution in [0.15, 0.2) is 73.2 Å². The van der Waals surface area contributed by atoms with E-state index in [-0.39, 0.29) is 0 Å². The highest BCUT2D eigenvalue weighted by Gasteiger charge is 2.22. The molecule has 1 saturated heterocycles. The molecule has 0 aliphatic carbocycles. The Morgan fingerprint density at radius 1 is 1.00 bits per heavy atom. The van der Waals surface area contributed by atoms with Gasteiger partial charge in [0.25, 0.3) is 0 Å². The summed E-state index contributed by atoms with van der Waals surface area (Å²) in [5.41, 5.74) is 6.92. The van der Waals surface area contributed by atoms with Crippen molar-refractivity contribution in [3.05, 3.63) is 95.6 Å². The predicted molar refractivity (Wildman–Crippen MR) is 128 cm³/mol. The summed E-state index contributed by atoms with van der Waals surface area (Å²) >= 11 is 0. The van der Waals surface area contributed by atoms with E-state index in [1.807, 2.05) is 36.1 Å². The van der Waals surface area contributed by atoms with Gasteiger partial charge in [0.05, 0.1) is 0 Å². The number of nitrogens with one attached hydrogen (secondary N) is 1. The zero-order valence-electron chi connectivity index (χ0n) is 18.4. The van der Waals surface area contributed by atoms with Crippen LogP contribution >= 0.6 is 0 Å². The third-order valence-corrected chi connectivity index (χ3v) is 6.45. The minimum Gasteiger partial charge on any atom is -0.328 e. The van der Waals surface area contributed by atoms with Gasteiger partial charge in [-0.1, -0.05) is 18.2 Å². The van der Waals surface area contributed by atoms with Crippen molar-refractivity contribution in [1.82, 2.24) is 24.9 Å². The number of piperidine rings is 1. The molecule has 168 valence electrons. The molecule has 3 N–H and O–H groups in total. The van der Waals surface area contributed by atoms with Gasteiger partial charge in [-0.05, 0) is 73.5 Å². The molecule has 7 nitrogen and oxygen atoms in total. The Morgan fingerprint density at radius 3 is 2.55 bits per heavy atom. The van der Waals surface area contributed by atoms with Crippen LogP contribution in [0.25, 0.3) is 11.0 Å². The quantitative estimate of drug-likeness (QED) is 0.367. The monoisotopic (exact) mass is 442 g/mol. The number of pyridine rings is 2. The fraction of sp³-hybridized carbons (Fsp3) is 0.269. The number of amides is 1. The zero-order chi connectivity index (χ0) is 22.6. The van der Waals surface area contributed by atoms with Gasteiger partial charge < -0.3 is 9.77 Å². The van der Waals surface area contributed by atoms with Crippen LogP contribution < -0.4 is 5.48 Å². The maximum Gasteiger partial charge on any atom is 0.314 e. The van der Waals surface area contributed by atoms with E-state index in [2.05, 4.69) is 44.9 Å². The van der Waals surface area contributed by atoms with Crippen LogP contribution in [0.4, 0.5) is 0 Å². The molecule has 1 aliphatic heterocycles. The highest BCUT2D eigenvalue weighted by molar-refractivity contribution is 5.93. The standard InChI is InChI=1S/C26H27N5O2/c32-26(29-33)23-5-3-19(4-6-23)18-31-15-11-22-7-8-24(28-25(22)31)21-9-13-30(14-10-21)17-20-2-1-12-27-16-20/h1-8,11-12,15-16,21,33H,9-10,13-14,17-18H2,(H,29,32)/p+1. The van der Waals surface area contributed by atoms with Crippen molar-refractivity contribution in [3.8, 4) is 0 Å². The second-order valence-electron chi connectivity index (χ2n) is 8.66. The Bertz CT molecular complexity index is 1230. The second-order valence-corrected chi connectivity index (χ2v) is 8.66. The molecule has 3 aromatic heterocycles. The molecule has 0 bridgehead atoms. The first-order chi connectivity index (χ1) is 16.2. The average molecular weight is 443 g/mol. The number of carbonyl (C=O) groups is 1. The SMILES string of the molecule is O=C(N[OH2+])c1ccc(Cn2ccc3ccc(C4CCN(Cc5cccnc5)CC4)nc32)cc1. The summed E-state index contributed by atoms with van der Waals surface area (Å²) in [6.45, 7) is 3.78. The predicted octanol–water partition coefficient (Wildman–Crippen LogP) is 3.23. The van der Waals surface area contributed by atoms with Gasteiger partial charge in [-0.15, -0.1) is 5.48 Å². The van der Waals surface area contributed by atoms with Crippen LogP contribution in [0.5, 0.6) is 0 Å². The molecule has 7 heteroatoms. The van der Waals surface area contributed by atoms with Crippen molar-refractivity contribution >= 4 is 16.9 Å². The highest BCUT2D eigenvalue weighted by atomic mass is 16.5. The third kappa shape index (κ3) is 4.79. The van der Waals surface area contributed by atoms with Crippen LogP contribution in [0.2, 0.25) is 0 Å². The van der Waals surface area contributed by atoms with Crippen LogP contribution in [0.3, 0.4) is 0 Å². The number of hydrogen-bond donors (Lipinski definition) is 1. The van der Waals surface area contributed by atoms with Gasteiger partial charge in [0.2, 0.25) is 0 Å². The maximum atomic E-state index is 11.6. The van der Waals surface area contributed by atoms with Crippen LogP contribution in [0, 0.1) is 0 Å². The number of hydrogen-bond acceptors (Lipinski definition) is 4. The van der Waals surface area contributed by atoms with Crippen molar-refractivity contribution < 1.29 is 10.0 Å². The Balaban J connectivity index is 1.27. The number of aromatic nitrogens is 3. The van der Waals surface area contributed by atoms with Gasteiger partial charge in [-0.3, -0.25) is 14.7 Å². The van der Waals surface area contributed by atoms with Crippen LogP contribution in [-0.2, 0) is 13.1 Å². The number of benzene rings is 1.